The Balaban J connectivity index is 2.11. The summed E-state index contributed by atoms with van der Waals surface area (Å²) in [5.41, 5.74) is 0.989. The van der Waals surface area contributed by atoms with Crippen LogP contribution in [0.25, 0.3) is 10.9 Å². The van der Waals surface area contributed by atoms with Gasteiger partial charge in [0.2, 0.25) is 0 Å². The van der Waals surface area contributed by atoms with E-state index in [9.17, 15) is 0 Å². The van der Waals surface area contributed by atoms with Crippen molar-refractivity contribution in [1.29, 1.82) is 0 Å². The smallest absolute Gasteiger partial charge is 0.117 e. The third kappa shape index (κ3) is 3.19. The number of likely N-dealkylation sites (N-methyl/N-ethyl adjacent to an activating group) is 1. The molecule has 1 heterocycles. The fourth-order valence-corrected chi connectivity index (χ4v) is 2.76. The number of fused-ring (bicyclic) bond motifs is 1. The fraction of sp³-hybridized carbons (Fsp3) is 0.385. The van der Waals surface area contributed by atoms with Gasteiger partial charge in [0.25, 0.3) is 0 Å². The Kier molecular flexibility index (Phi) is 4.92. The number of para-hydroxylation sites is 1. The predicted molar refractivity (Wildman–Crippen MR) is 75.0 cm³/mol. The molecule has 96 valence electrons. The van der Waals surface area contributed by atoms with Gasteiger partial charge in [0, 0.05) is 24.3 Å². The van der Waals surface area contributed by atoms with Gasteiger partial charge < -0.3 is 10.1 Å². The lowest BCUT2D eigenvalue weighted by atomic mass is 10.2. The highest BCUT2D eigenvalue weighted by atomic mass is 32.2. The van der Waals surface area contributed by atoms with Crippen molar-refractivity contribution in [3.63, 3.8) is 0 Å². The van der Waals surface area contributed by atoms with Crippen LogP contribution < -0.4 is 5.32 Å². The Labute approximate surface area is 111 Å². The van der Waals surface area contributed by atoms with Gasteiger partial charge in [-0.2, -0.15) is 0 Å². The number of ether oxygens (including phenoxy) is 1. The standard InChI is InChI=1S/C13H17N3OS/c1-14-10(7-17-2)8-18-13-11-5-3-4-6-12(11)15-9-16-13/h3-6,9-10,14H,7-8H2,1-2H3. The van der Waals surface area contributed by atoms with Gasteiger partial charge in [-0.1, -0.05) is 18.2 Å². The van der Waals surface area contributed by atoms with Crippen molar-refractivity contribution in [3.05, 3.63) is 30.6 Å². The van der Waals surface area contributed by atoms with E-state index in [2.05, 4.69) is 21.4 Å². The number of thioether (sulfide) groups is 1. The van der Waals surface area contributed by atoms with Crippen molar-refractivity contribution >= 4 is 22.7 Å². The molecule has 0 radical (unpaired) electrons. The van der Waals surface area contributed by atoms with E-state index in [4.69, 9.17) is 4.74 Å². The van der Waals surface area contributed by atoms with Crippen LogP contribution in [0.4, 0.5) is 0 Å². The quantitative estimate of drug-likeness (QED) is 0.637. The second kappa shape index (κ2) is 6.68. The number of hydrogen-bond acceptors (Lipinski definition) is 5. The van der Waals surface area contributed by atoms with E-state index in [-0.39, 0.29) is 0 Å². The molecule has 0 saturated heterocycles. The van der Waals surface area contributed by atoms with Gasteiger partial charge in [-0.05, 0) is 13.1 Å². The topological polar surface area (TPSA) is 47.0 Å². The van der Waals surface area contributed by atoms with Gasteiger partial charge in [-0.15, -0.1) is 11.8 Å². The maximum atomic E-state index is 5.16. The molecule has 1 aromatic carbocycles. The molecule has 0 bridgehead atoms. The van der Waals surface area contributed by atoms with Crippen molar-refractivity contribution in [1.82, 2.24) is 15.3 Å². The summed E-state index contributed by atoms with van der Waals surface area (Å²) in [7, 11) is 3.66. The fourth-order valence-electron chi connectivity index (χ4n) is 1.69. The number of hydrogen-bond donors (Lipinski definition) is 1. The number of nitrogens with zero attached hydrogens (tertiary/aromatic N) is 2. The van der Waals surface area contributed by atoms with Crippen molar-refractivity contribution in [2.45, 2.75) is 11.1 Å². The molecule has 2 rings (SSSR count). The molecular formula is C13H17N3OS. The zero-order chi connectivity index (χ0) is 12.8. The van der Waals surface area contributed by atoms with E-state index in [1.54, 1.807) is 25.2 Å². The Morgan fingerprint density at radius 2 is 2.17 bits per heavy atom. The lowest BCUT2D eigenvalue weighted by molar-refractivity contribution is 0.177. The zero-order valence-electron chi connectivity index (χ0n) is 10.6. The van der Waals surface area contributed by atoms with E-state index in [0.717, 1.165) is 21.7 Å². The summed E-state index contributed by atoms with van der Waals surface area (Å²) in [6.45, 7) is 0.701. The summed E-state index contributed by atoms with van der Waals surface area (Å²) in [5.74, 6) is 0.922. The summed E-state index contributed by atoms with van der Waals surface area (Å²) in [6.07, 6.45) is 1.62. The van der Waals surface area contributed by atoms with Crippen LogP contribution in [-0.2, 0) is 4.74 Å². The molecule has 18 heavy (non-hydrogen) atoms. The van der Waals surface area contributed by atoms with E-state index < -0.39 is 0 Å². The van der Waals surface area contributed by atoms with E-state index >= 15 is 0 Å². The molecule has 1 aromatic heterocycles. The van der Waals surface area contributed by atoms with E-state index in [1.807, 2.05) is 25.2 Å². The summed E-state index contributed by atoms with van der Waals surface area (Å²) < 4.78 is 5.16. The molecule has 0 aliphatic carbocycles. The third-order valence-corrected chi connectivity index (χ3v) is 3.87. The highest BCUT2D eigenvalue weighted by molar-refractivity contribution is 7.99. The van der Waals surface area contributed by atoms with Gasteiger partial charge in [0.15, 0.2) is 0 Å². The number of nitrogens with one attached hydrogen (secondary N) is 1. The monoisotopic (exact) mass is 263 g/mol. The van der Waals surface area contributed by atoms with Gasteiger partial charge >= 0.3 is 0 Å². The summed E-state index contributed by atoms with van der Waals surface area (Å²) in [4.78, 5) is 8.62. The number of methoxy groups -OCH3 is 1. The first kappa shape index (κ1) is 13.3. The lowest BCUT2D eigenvalue weighted by Crippen LogP contribution is -2.32. The van der Waals surface area contributed by atoms with Crippen LogP contribution in [0.3, 0.4) is 0 Å². The van der Waals surface area contributed by atoms with Gasteiger partial charge in [0.05, 0.1) is 12.1 Å². The molecular weight excluding hydrogens is 246 g/mol. The average Bonchev–Trinajstić information content (AvgIpc) is 2.43. The van der Waals surface area contributed by atoms with Crippen LogP contribution in [0.15, 0.2) is 35.6 Å². The van der Waals surface area contributed by atoms with E-state index in [1.165, 1.54) is 0 Å². The Hall–Kier alpha value is -1.17. The minimum atomic E-state index is 0.328. The predicted octanol–water partition coefficient (Wildman–Crippen LogP) is 1.96. The van der Waals surface area contributed by atoms with Gasteiger partial charge in [0.1, 0.15) is 11.4 Å². The highest BCUT2D eigenvalue weighted by Crippen LogP contribution is 2.24. The van der Waals surface area contributed by atoms with Gasteiger partial charge in [-0.3, -0.25) is 0 Å². The molecule has 0 fully saturated rings. The largest absolute Gasteiger partial charge is 0.383 e. The number of aromatic nitrogens is 2. The molecule has 5 heteroatoms. The highest BCUT2D eigenvalue weighted by Gasteiger charge is 2.09. The SMILES string of the molecule is CNC(COC)CSc1ncnc2ccccc12. The minimum absolute atomic E-state index is 0.328. The second-order valence-corrected chi connectivity index (χ2v) is 4.96. The molecule has 0 amide bonds. The summed E-state index contributed by atoms with van der Waals surface area (Å²) in [6, 6.07) is 8.40. The Morgan fingerprint density at radius 1 is 1.33 bits per heavy atom. The van der Waals surface area contributed by atoms with Crippen molar-refractivity contribution in [2.24, 2.45) is 0 Å². The van der Waals surface area contributed by atoms with Crippen molar-refractivity contribution in [2.75, 3.05) is 26.5 Å². The first-order valence-electron chi connectivity index (χ1n) is 5.84. The molecule has 1 N–H and O–H groups in total. The molecule has 2 aromatic rings. The molecule has 1 unspecified atom stereocenters. The van der Waals surface area contributed by atoms with Crippen LogP contribution in [0, 0.1) is 0 Å². The van der Waals surface area contributed by atoms with Crippen LogP contribution in [-0.4, -0.2) is 42.5 Å². The summed E-state index contributed by atoms with van der Waals surface area (Å²) >= 11 is 1.73. The molecule has 0 spiro atoms. The second-order valence-electron chi connectivity index (χ2n) is 3.95. The molecule has 0 aliphatic heterocycles. The van der Waals surface area contributed by atoms with Crippen molar-refractivity contribution < 1.29 is 4.74 Å². The summed E-state index contributed by atoms with van der Waals surface area (Å²) in [5, 5.41) is 5.37. The third-order valence-electron chi connectivity index (χ3n) is 2.70. The van der Waals surface area contributed by atoms with Crippen LogP contribution in [0.2, 0.25) is 0 Å². The lowest BCUT2D eigenvalue weighted by Gasteiger charge is -2.14. The molecule has 4 nitrogen and oxygen atoms in total. The van der Waals surface area contributed by atoms with Crippen molar-refractivity contribution in [3.8, 4) is 0 Å². The first-order chi connectivity index (χ1) is 8.85. The number of rotatable bonds is 6. The average molecular weight is 263 g/mol. The number of benzene rings is 1. The molecule has 1 atom stereocenters. The van der Waals surface area contributed by atoms with Crippen LogP contribution in [0.5, 0.6) is 0 Å². The first-order valence-corrected chi connectivity index (χ1v) is 6.82. The maximum absolute atomic E-state index is 5.16. The minimum Gasteiger partial charge on any atom is -0.383 e. The normalized spacial score (nSPS) is 12.8. The van der Waals surface area contributed by atoms with Gasteiger partial charge in [-0.25, -0.2) is 9.97 Å². The molecule has 0 aliphatic rings. The van der Waals surface area contributed by atoms with E-state index in [0.29, 0.717) is 12.6 Å². The maximum Gasteiger partial charge on any atom is 0.117 e. The van der Waals surface area contributed by atoms with Crippen LogP contribution >= 0.6 is 11.8 Å². The zero-order valence-corrected chi connectivity index (χ0v) is 11.4. The molecule has 0 saturated carbocycles. The van der Waals surface area contributed by atoms with Crippen LogP contribution in [0.1, 0.15) is 0 Å². The Morgan fingerprint density at radius 3 is 2.94 bits per heavy atom. The Bertz CT molecular complexity index is 501.